The number of rotatable bonds is 6. The van der Waals surface area contributed by atoms with Crippen LogP contribution in [-0.4, -0.2) is 33.2 Å². The molecule has 3 rings (SSSR count). The minimum absolute atomic E-state index is 0.0446. The summed E-state index contributed by atoms with van der Waals surface area (Å²) in [6.45, 7) is 7.23. The van der Waals surface area contributed by atoms with E-state index in [0.29, 0.717) is 16.7 Å². The average Bonchev–Trinajstić information content (AvgIpc) is 3.12. The fourth-order valence-electron chi connectivity index (χ4n) is 2.86. The monoisotopic (exact) mass is 416 g/mol. The van der Waals surface area contributed by atoms with Crippen molar-refractivity contribution in [3.8, 4) is 0 Å². The number of halogens is 2. The maximum absolute atomic E-state index is 13.2. The van der Waals surface area contributed by atoms with Gasteiger partial charge in [0, 0.05) is 23.5 Å². The van der Waals surface area contributed by atoms with E-state index in [1.54, 1.807) is 16.9 Å². The van der Waals surface area contributed by atoms with Crippen molar-refractivity contribution in [1.82, 2.24) is 14.8 Å². The number of benzene rings is 1. The number of amides is 1. The standard InChI is InChI=1S/C21H22F2N4O3/c1-11(2)18-8-14(15-9-24-27(12(3)4)20(15)26-18)21(29)30-10-19(28)25-13-5-6-16(22)17(23)7-13/h5-9,11-12H,10H2,1-4H3,(H,25,28). The molecule has 0 aliphatic rings. The van der Waals surface area contributed by atoms with Crippen LogP contribution < -0.4 is 5.32 Å². The SMILES string of the molecule is CC(C)c1cc(C(=O)OCC(=O)Nc2ccc(F)c(F)c2)c2cnn(C(C)C)c2n1. The first-order valence-corrected chi connectivity index (χ1v) is 9.47. The van der Waals surface area contributed by atoms with E-state index in [1.165, 1.54) is 6.07 Å². The van der Waals surface area contributed by atoms with Gasteiger partial charge in [-0.1, -0.05) is 13.8 Å². The van der Waals surface area contributed by atoms with E-state index in [4.69, 9.17) is 4.74 Å². The molecule has 0 aliphatic carbocycles. The number of nitrogens with zero attached hydrogens (tertiary/aromatic N) is 3. The Morgan fingerprint density at radius 1 is 1.13 bits per heavy atom. The van der Waals surface area contributed by atoms with Gasteiger partial charge in [0.25, 0.3) is 5.91 Å². The van der Waals surface area contributed by atoms with Gasteiger partial charge in [-0.2, -0.15) is 5.10 Å². The van der Waals surface area contributed by atoms with E-state index in [1.807, 2.05) is 27.7 Å². The lowest BCUT2D eigenvalue weighted by atomic mass is 10.1. The predicted molar refractivity (Wildman–Crippen MR) is 107 cm³/mol. The molecule has 0 aliphatic heterocycles. The first-order valence-electron chi connectivity index (χ1n) is 9.47. The van der Waals surface area contributed by atoms with Crippen molar-refractivity contribution in [2.45, 2.75) is 39.7 Å². The molecule has 0 bridgehead atoms. The third kappa shape index (κ3) is 4.45. The van der Waals surface area contributed by atoms with E-state index < -0.39 is 30.1 Å². The molecule has 158 valence electrons. The Bertz CT molecular complexity index is 1110. The molecule has 0 radical (unpaired) electrons. The third-order valence-electron chi connectivity index (χ3n) is 4.42. The lowest BCUT2D eigenvalue weighted by molar-refractivity contribution is -0.119. The molecule has 7 nitrogen and oxygen atoms in total. The number of carbonyl (C=O) groups is 2. The van der Waals surface area contributed by atoms with Crippen LogP contribution in [0, 0.1) is 11.6 Å². The number of aromatic nitrogens is 3. The summed E-state index contributed by atoms with van der Waals surface area (Å²) in [6.07, 6.45) is 1.55. The van der Waals surface area contributed by atoms with Crippen LogP contribution in [0.2, 0.25) is 0 Å². The Hall–Kier alpha value is -3.36. The molecule has 1 amide bonds. The largest absolute Gasteiger partial charge is 0.452 e. The lowest BCUT2D eigenvalue weighted by Crippen LogP contribution is -2.21. The van der Waals surface area contributed by atoms with E-state index in [2.05, 4.69) is 15.4 Å². The van der Waals surface area contributed by atoms with Crippen LogP contribution in [0.1, 0.15) is 55.7 Å². The maximum Gasteiger partial charge on any atom is 0.339 e. The quantitative estimate of drug-likeness (QED) is 0.609. The Labute approximate surface area is 172 Å². The summed E-state index contributed by atoms with van der Waals surface area (Å²) in [5.41, 5.74) is 1.58. The second-order valence-electron chi connectivity index (χ2n) is 7.42. The van der Waals surface area contributed by atoms with E-state index >= 15 is 0 Å². The molecular formula is C21H22F2N4O3. The van der Waals surface area contributed by atoms with E-state index in [9.17, 15) is 18.4 Å². The molecule has 0 saturated carbocycles. The molecule has 9 heteroatoms. The molecule has 0 atom stereocenters. The van der Waals surface area contributed by atoms with Crippen molar-refractivity contribution in [3.05, 3.63) is 53.4 Å². The number of fused-ring (bicyclic) bond motifs is 1. The van der Waals surface area contributed by atoms with Crippen LogP contribution in [0.25, 0.3) is 11.0 Å². The molecule has 30 heavy (non-hydrogen) atoms. The zero-order valence-electron chi connectivity index (χ0n) is 17.1. The Morgan fingerprint density at radius 2 is 1.87 bits per heavy atom. The highest BCUT2D eigenvalue weighted by molar-refractivity contribution is 6.03. The minimum Gasteiger partial charge on any atom is -0.452 e. The molecular weight excluding hydrogens is 394 g/mol. The number of hydrogen-bond donors (Lipinski definition) is 1. The summed E-state index contributed by atoms with van der Waals surface area (Å²) >= 11 is 0. The first kappa shape index (κ1) is 21.4. The Balaban J connectivity index is 1.79. The van der Waals surface area contributed by atoms with Crippen LogP contribution in [-0.2, 0) is 9.53 Å². The van der Waals surface area contributed by atoms with Gasteiger partial charge in [0.2, 0.25) is 0 Å². The zero-order valence-corrected chi connectivity index (χ0v) is 17.1. The van der Waals surface area contributed by atoms with Crippen molar-refractivity contribution >= 4 is 28.6 Å². The fraction of sp³-hybridized carbons (Fsp3) is 0.333. The van der Waals surface area contributed by atoms with Gasteiger partial charge in [0.15, 0.2) is 23.9 Å². The van der Waals surface area contributed by atoms with Crippen LogP contribution in [0.5, 0.6) is 0 Å². The highest BCUT2D eigenvalue weighted by atomic mass is 19.2. The highest BCUT2D eigenvalue weighted by Gasteiger charge is 2.20. The van der Waals surface area contributed by atoms with Gasteiger partial charge in [-0.15, -0.1) is 0 Å². The number of nitrogens with one attached hydrogen (secondary N) is 1. The van der Waals surface area contributed by atoms with Crippen LogP contribution in [0.3, 0.4) is 0 Å². The molecule has 0 saturated heterocycles. The topological polar surface area (TPSA) is 86.1 Å². The molecule has 2 aromatic heterocycles. The molecule has 1 aromatic carbocycles. The number of esters is 1. The van der Waals surface area contributed by atoms with Gasteiger partial charge in [-0.05, 0) is 38.0 Å². The maximum atomic E-state index is 13.2. The van der Waals surface area contributed by atoms with E-state index in [-0.39, 0.29) is 23.2 Å². The average molecular weight is 416 g/mol. The minimum atomic E-state index is -1.09. The number of pyridine rings is 1. The molecule has 0 unspecified atom stereocenters. The van der Waals surface area contributed by atoms with Crippen molar-refractivity contribution in [2.24, 2.45) is 0 Å². The second-order valence-corrected chi connectivity index (χ2v) is 7.42. The molecule has 3 aromatic rings. The number of hydrogen-bond acceptors (Lipinski definition) is 5. The Kier molecular flexibility index (Phi) is 6.09. The molecule has 0 fully saturated rings. The van der Waals surface area contributed by atoms with Gasteiger partial charge < -0.3 is 10.1 Å². The number of anilines is 1. The predicted octanol–water partition coefficient (Wildman–Crippen LogP) is 4.21. The van der Waals surface area contributed by atoms with Crippen LogP contribution in [0.15, 0.2) is 30.5 Å². The summed E-state index contributed by atoms with van der Waals surface area (Å²) in [5.74, 6) is -3.43. The summed E-state index contributed by atoms with van der Waals surface area (Å²) in [5, 5.41) is 7.18. The van der Waals surface area contributed by atoms with Gasteiger partial charge in [0.1, 0.15) is 0 Å². The smallest absolute Gasteiger partial charge is 0.339 e. The number of ether oxygens (including phenoxy) is 1. The van der Waals surface area contributed by atoms with Gasteiger partial charge in [-0.25, -0.2) is 23.2 Å². The van der Waals surface area contributed by atoms with Gasteiger partial charge in [0.05, 0.1) is 17.1 Å². The third-order valence-corrected chi connectivity index (χ3v) is 4.42. The fourth-order valence-corrected chi connectivity index (χ4v) is 2.86. The van der Waals surface area contributed by atoms with E-state index in [0.717, 1.165) is 12.1 Å². The van der Waals surface area contributed by atoms with Gasteiger partial charge >= 0.3 is 5.97 Å². The summed E-state index contributed by atoms with van der Waals surface area (Å²) in [7, 11) is 0. The summed E-state index contributed by atoms with van der Waals surface area (Å²) in [6, 6.07) is 4.62. The highest BCUT2D eigenvalue weighted by Crippen LogP contribution is 2.25. The van der Waals surface area contributed by atoms with Crippen LogP contribution in [0.4, 0.5) is 14.5 Å². The zero-order chi connectivity index (χ0) is 22.0. The van der Waals surface area contributed by atoms with Crippen molar-refractivity contribution in [2.75, 3.05) is 11.9 Å². The lowest BCUT2D eigenvalue weighted by Gasteiger charge is -2.12. The molecule has 1 N–H and O–H groups in total. The van der Waals surface area contributed by atoms with Crippen molar-refractivity contribution in [1.29, 1.82) is 0 Å². The normalized spacial score (nSPS) is 11.3. The number of carbonyl (C=O) groups excluding carboxylic acids is 2. The summed E-state index contributed by atoms with van der Waals surface area (Å²) in [4.78, 5) is 29.3. The summed E-state index contributed by atoms with van der Waals surface area (Å²) < 4.78 is 33.1. The van der Waals surface area contributed by atoms with Crippen molar-refractivity contribution in [3.63, 3.8) is 0 Å². The Morgan fingerprint density at radius 3 is 2.50 bits per heavy atom. The second kappa shape index (κ2) is 8.56. The molecule has 2 heterocycles. The first-order chi connectivity index (χ1) is 14.2. The van der Waals surface area contributed by atoms with Gasteiger partial charge in [-0.3, -0.25) is 4.79 Å². The van der Waals surface area contributed by atoms with Crippen LogP contribution >= 0.6 is 0 Å². The molecule has 0 spiro atoms. The van der Waals surface area contributed by atoms with Crippen molar-refractivity contribution < 1.29 is 23.1 Å².